The maximum atomic E-state index is 12.8. The summed E-state index contributed by atoms with van der Waals surface area (Å²) in [5, 5.41) is 14.5. The Morgan fingerprint density at radius 3 is 2.64 bits per heavy atom. The number of rotatable bonds is 10. The Labute approximate surface area is 256 Å². The maximum Gasteiger partial charge on any atom is 0.269 e. The van der Waals surface area contributed by atoms with Gasteiger partial charge >= 0.3 is 0 Å². The Bertz CT molecular complexity index is 1540. The van der Waals surface area contributed by atoms with E-state index in [2.05, 4.69) is 49.0 Å². The zero-order valence-electron chi connectivity index (χ0n) is 21.0. The van der Waals surface area contributed by atoms with E-state index in [9.17, 15) is 14.9 Å². The summed E-state index contributed by atoms with van der Waals surface area (Å²) in [4.78, 5) is 25.4. The molecule has 1 heterocycles. The average Bonchev–Trinajstić information content (AvgIpc) is 2.90. The van der Waals surface area contributed by atoms with Gasteiger partial charge in [-0.25, -0.2) is 5.43 Å². The number of methoxy groups -OCH3 is 2. The lowest BCUT2D eigenvalue weighted by Gasteiger charge is -2.15. The van der Waals surface area contributed by atoms with E-state index in [0.717, 1.165) is 9.13 Å². The van der Waals surface area contributed by atoms with Crippen LogP contribution in [0.5, 0.6) is 11.5 Å². The first-order chi connectivity index (χ1) is 18.6. The monoisotopic (exact) mass is 746 g/mol. The first kappa shape index (κ1) is 30.9. The SMILES string of the molecule is COCc1c(Br)c(C)n(CC(=O)NN=Cc2cc(I)c(OCc3ccc(Cl)cc3Cl)c(OC)c2)c(=O)c1C#N. The zero-order chi connectivity index (χ0) is 28.7. The summed E-state index contributed by atoms with van der Waals surface area (Å²) in [6, 6.07) is 10.6. The van der Waals surface area contributed by atoms with Crippen molar-refractivity contribution in [2.45, 2.75) is 26.7 Å². The summed E-state index contributed by atoms with van der Waals surface area (Å²) in [7, 11) is 2.98. The number of aromatic nitrogens is 1. The number of hydrazone groups is 1. The molecule has 13 heteroatoms. The lowest BCUT2D eigenvalue weighted by Crippen LogP contribution is -2.33. The molecule has 204 valence electrons. The quantitative estimate of drug-likeness (QED) is 0.165. The van der Waals surface area contributed by atoms with Crippen LogP contribution in [0, 0.1) is 21.8 Å². The van der Waals surface area contributed by atoms with Crippen molar-refractivity contribution in [3.63, 3.8) is 0 Å². The van der Waals surface area contributed by atoms with Gasteiger partial charge in [-0.15, -0.1) is 0 Å². The van der Waals surface area contributed by atoms with Gasteiger partial charge in [0.15, 0.2) is 11.5 Å². The van der Waals surface area contributed by atoms with Gasteiger partial charge in [0.1, 0.15) is 24.8 Å². The summed E-state index contributed by atoms with van der Waals surface area (Å²) >= 11 is 17.7. The summed E-state index contributed by atoms with van der Waals surface area (Å²) in [5.41, 5.74) is 4.06. The summed E-state index contributed by atoms with van der Waals surface area (Å²) in [6.45, 7) is 1.63. The van der Waals surface area contributed by atoms with Crippen LogP contribution in [-0.4, -0.2) is 30.9 Å². The van der Waals surface area contributed by atoms with Crippen LogP contribution in [0.3, 0.4) is 0 Å². The van der Waals surface area contributed by atoms with Crippen LogP contribution in [0.2, 0.25) is 10.0 Å². The highest BCUT2D eigenvalue weighted by Gasteiger charge is 2.19. The standard InChI is InChI=1S/C26H22BrCl2IN4O5/c1-14-24(27)19(13-37-2)18(9-31)26(36)34(14)11-23(35)33-32-10-15-6-21(30)25(22(7-15)38-3)39-12-16-4-5-17(28)8-20(16)29/h4-8,10H,11-13H2,1-3H3,(H,33,35). The summed E-state index contributed by atoms with van der Waals surface area (Å²) < 4.78 is 19.0. The van der Waals surface area contributed by atoms with Crippen LogP contribution in [0.15, 0.2) is 44.7 Å². The van der Waals surface area contributed by atoms with Crippen LogP contribution in [0.4, 0.5) is 0 Å². The predicted octanol–water partition coefficient (Wildman–Crippen LogP) is 5.59. The van der Waals surface area contributed by atoms with E-state index in [1.807, 2.05) is 6.07 Å². The molecule has 3 aromatic rings. The number of pyridine rings is 1. The average molecular weight is 748 g/mol. The van der Waals surface area contributed by atoms with Gasteiger partial charge in [-0.2, -0.15) is 10.4 Å². The summed E-state index contributed by atoms with van der Waals surface area (Å²) in [5.74, 6) is 0.441. The fourth-order valence-corrected chi connectivity index (χ4v) is 5.32. The largest absolute Gasteiger partial charge is 0.493 e. The van der Waals surface area contributed by atoms with Gasteiger partial charge in [-0.05, 0) is 75.3 Å². The first-order valence-corrected chi connectivity index (χ1v) is 13.8. The molecule has 1 N–H and O–H groups in total. The Morgan fingerprint density at radius 2 is 2.00 bits per heavy atom. The van der Waals surface area contributed by atoms with Crippen LogP contribution < -0.4 is 20.5 Å². The number of nitrogens with one attached hydrogen (secondary N) is 1. The zero-order valence-corrected chi connectivity index (χ0v) is 26.2. The van der Waals surface area contributed by atoms with Crippen molar-refractivity contribution < 1.29 is 19.0 Å². The molecule has 1 amide bonds. The number of ether oxygens (including phenoxy) is 3. The number of hydrogen-bond acceptors (Lipinski definition) is 7. The van der Waals surface area contributed by atoms with Crippen molar-refractivity contribution in [2.75, 3.05) is 14.2 Å². The minimum atomic E-state index is -0.584. The topological polar surface area (TPSA) is 115 Å². The highest BCUT2D eigenvalue weighted by atomic mass is 127. The van der Waals surface area contributed by atoms with Gasteiger partial charge < -0.3 is 18.8 Å². The van der Waals surface area contributed by atoms with E-state index in [-0.39, 0.29) is 25.3 Å². The predicted molar refractivity (Wildman–Crippen MR) is 161 cm³/mol. The molecular formula is C26H22BrCl2IN4O5. The molecule has 0 aliphatic rings. The number of halogens is 4. The van der Waals surface area contributed by atoms with Gasteiger partial charge in [-0.1, -0.05) is 29.3 Å². The lowest BCUT2D eigenvalue weighted by molar-refractivity contribution is -0.121. The number of hydrogen-bond donors (Lipinski definition) is 1. The second-order valence-corrected chi connectivity index (χ2v) is 10.8. The molecule has 0 atom stereocenters. The third-order valence-corrected chi connectivity index (χ3v) is 7.93. The van der Waals surface area contributed by atoms with Gasteiger partial charge in [0, 0.05) is 38.4 Å². The smallest absolute Gasteiger partial charge is 0.269 e. The second-order valence-electron chi connectivity index (χ2n) is 8.04. The van der Waals surface area contributed by atoms with Crippen molar-refractivity contribution in [1.82, 2.24) is 9.99 Å². The molecule has 0 fully saturated rings. The van der Waals surface area contributed by atoms with Gasteiger partial charge in [-0.3, -0.25) is 9.59 Å². The number of carbonyl (C=O) groups excluding carboxylic acids is 1. The Kier molecular flexibility index (Phi) is 11.2. The first-order valence-electron chi connectivity index (χ1n) is 11.2. The minimum absolute atomic E-state index is 0.0812. The molecule has 0 saturated carbocycles. The van der Waals surface area contributed by atoms with E-state index in [0.29, 0.717) is 42.8 Å². The third kappa shape index (κ3) is 7.52. The molecule has 3 rings (SSSR count). The Hall–Kier alpha value is -2.63. The molecule has 0 unspecified atom stereocenters. The molecule has 2 aromatic carbocycles. The van der Waals surface area contributed by atoms with Crippen molar-refractivity contribution in [3.8, 4) is 17.6 Å². The molecule has 0 aliphatic carbocycles. The van der Waals surface area contributed by atoms with Gasteiger partial charge in [0.25, 0.3) is 11.5 Å². The molecule has 0 spiro atoms. The van der Waals surface area contributed by atoms with Crippen molar-refractivity contribution >= 4 is 73.8 Å². The Balaban J connectivity index is 1.73. The van der Waals surface area contributed by atoms with E-state index in [1.165, 1.54) is 25.0 Å². The highest BCUT2D eigenvalue weighted by molar-refractivity contribution is 14.1. The molecule has 1 aromatic heterocycles. The van der Waals surface area contributed by atoms with Gasteiger partial charge in [0.2, 0.25) is 0 Å². The minimum Gasteiger partial charge on any atom is -0.493 e. The highest BCUT2D eigenvalue weighted by Crippen LogP contribution is 2.35. The fourth-order valence-electron chi connectivity index (χ4n) is 3.55. The van der Waals surface area contributed by atoms with Gasteiger partial charge in [0.05, 0.1) is 23.5 Å². The summed E-state index contributed by atoms with van der Waals surface area (Å²) in [6.07, 6.45) is 1.44. The molecule has 0 saturated heterocycles. The Morgan fingerprint density at radius 1 is 1.26 bits per heavy atom. The van der Waals surface area contributed by atoms with E-state index in [4.69, 9.17) is 37.4 Å². The number of benzene rings is 2. The van der Waals surface area contributed by atoms with Crippen LogP contribution in [0.1, 0.15) is 27.9 Å². The number of nitriles is 1. The van der Waals surface area contributed by atoms with Crippen LogP contribution >= 0.6 is 61.7 Å². The lowest BCUT2D eigenvalue weighted by atomic mass is 10.1. The van der Waals surface area contributed by atoms with E-state index < -0.39 is 11.5 Å². The molecule has 0 aliphatic heterocycles. The maximum absolute atomic E-state index is 12.8. The van der Waals surface area contributed by atoms with Crippen LogP contribution in [0.25, 0.3) is 0 Å². The van der Waals surface area contributed by atoms with Crippen molar-refractivity contribution in [2.24, 2.45) is 5.10 Å². The normalized spacial score (nSPS) is 10.9. The van der Waals surface area contributed by atoms with Crippen molar-refractivity contribution in [1.29, 1.82) is 5.26 Å². The van der Waals surface area contributed by atoms with E-state index in [1.54, 1.807) is 37.3 Å². The molecular weight excluding hydrogens is 726 g/mol. The fraction of sp³-hybridized carbons (Fsp3) is 0.231. The number of carbonyl (C=O) groups is 1. The van der Waals surface area contributed by atoms with Crippen LogP contribution in [-0.2, 0) is 29.3 Å². The number of nitrogens with zero attached hydrogens (tertiary/aromatic N) is 3. The molecule has 0 bridgehead atoms. The number of amides is 1. The van der Waals surface area contributed by atoms with E-state index >= 15 is 0 Å². The molecule has 39 heavy (non-hydrogen) atoms. The third-order valence-electron chi connectivity index (χ3n) is 5.49. The molecule has 9 nitrogen and oxygen atoms in total. The second kappa shape index (κ2) is 14.1. The van der Waals surface area contributed by atoms with Crippen molar-refractivity contribution in [3.05, 3.63) is 86.7 Å². The molecule has 0 radical (unpaired) electrons.